The standard InChI is InChI=1S/C16H23N3O2/c1-2-18-15(20)12-6-4-8-14(10-12)19-16(21)11-5-3-7-13(17)9-11/h4,6,8,10-11,13H,2-3,5,7,9,17H2,1H3,(H,18,20)(H,19,21). The summed E-state index contributed by atoms with van der Waals surface area (Å²) in [5.74, 6) is -0.159. The molecule has 0 aliphatic heterocycles. The highest BCUT2D eigenvalue weighted by Gasteiger charge is 2.25. The molecule has 5 heteroatoms. The van der Waals surface area contributed by atoms with Crippen LogP contribution < -0.4 is 16.4 Å². The molecule has 2 amide bonds. The van der Waals surface area contributed by atoms with Gasteiger partial charge in [0.25, 0.3) is 5.91 Å². The zero-order valence-electron chi connectivity index (χ0n) is 12.4. The second-order valence-electron chi connectivity index (χ2n) is 5.55. The lowest BCUT2D eigenvalue weighted by Gasteiger charge is -2.25. The van der Waals surface area contributed by atoms with Crippen molar-refractivity contribution in [1.29, 1.82) is 0 Å². The molecule has 4 N–H and O–H groups in total. The molecule has 0 radical (unpaired) electrons. The molecule has 2 atom stereocenters. The van der Waals surface area contributed by atoms with Gasteiger partial charge in [-0.3, -0.25) is 9.59 Å². The fraction of sp³-hybridized carbons (Fsp3) is 0.500. The van der Waals surface area contributed by atoms with Crippen molar-refractivity contribution in [3.05, 3.63) is 29.8 Å². The van der Waals surface area contributed by atoms with Crippen molar-refractivity contribution in [2.45, 2.75) is 38.6 Å². The van der Waals surface area contributed by atoms with E-state index in [1.807, 2.05) is 6.92 Å². The van der Waals surface area contributed by atoms with Crippen LogP contribution in [0.4, 0.5) is 5.69 Å². The predicted octanol–water partition coefficient (Wildman–Crippen LogP) is 1.89. The third-order valence-electron chi connectivity index (χ3n) is 3.82. The van der Waals surface area contributed by atoms with Crippen molar-refractivity contribution >= 4 is 17.5 Å². The summed E-state index contributed by atoms with van der Waals surface area (Å²) in [5, 5.41) is 5.64. The van der Waals surface area contributed by atoms with E-state index in [1.165, 1.54) is 0 Å². The van der Waals surface area contributed by atoms with Crippen LogP contribution in [0.1, 0.15) is 43.0 Å². The summed E-state index contributed by atoms with van der Waals surface area (Å²) in [5.41, 5.74) is 7.13. The Kier molecular flexibility index (Phi) is 5.33. The molecular formula is C16H23N3O2. The molecule has 1 aromatic rings. The average Bonchev–Trinajstić information content (AvgIpc) is 2.48. The summed E-state index contributed by atoms with van der Waals surface area (Å²) >= 11 is 0. The first-order chi connectivity index (χ1) is 10.1. The molecule has 2 rings (SSSR count). The Morgan fingerprint density at radius 3 is 2.86 bits per heavy atom. The van der Waals surface area contributed by atoms with Crippen molar-refractivity contribution in [2.75, 3.05) is 11.9 Å². The number of hydrogen-bond donors (Lipinski definition) is 3. The molecule has 0 bridgehead atoms. The molecule has 0 saturated heterocycles. The lowest BCUT2D eigenvalue weighted by molar-refractivity contribution is -0.120. The number of amides is 2. The third kappa shape index (κ3) is 4.29. The topological polar surface area (TPSA) is 84.2 Å². The van der Waals surface area contributed by atoms with Crippen molar-refractivity contribution in [2.24, 2.45) is 11.7 Å². The van der Waals surface area contributed by atoms with Crippen LogP contribution in [0.25, 0.3) is 0 Å². The van der Waals surface area contributed by atoms with Gasteiger partial charge in [-0.2, -0.15) is 0 Å². The average molecular weight is 289 g/mol. The van der Waals surface area contributed by atoms with Crippen molar-refractivity contribution in [3.8, 4) is 0 Å². The second kappa shape index (κ2) is 7.22. The highest BCUT2D eigenvalue weighted by molar-refractivity contribution is 5.97. The lowest BCUT2D eigenvalue weighted by Crippen LogP contribution is -2.34. The molecule has 2 unspecified atom stereocenters. The van der Waals surface area contributed by atoms with Crippen LogP contribution in [0.5, 0.6) is 0 Å². The van der Waals surface area contributed by atoms with E-state index in [0.717, 1.165) is 25.7 Å². The first kappa shape index (κ1) is 15.5. The smallest absolute Gasteiger partial charge is 0.251 e. The zero-order valence-corrected chi connectivity index (χ0v) is 12.4. The number of carbonyl (C=O) groups excluding carboxylic acids is 2. The maximum absolute atomic E-state index is 12.3. The molecule has 1 aliphatic carbocycles. The van der Waals surface area contributed by atoms with Crippen molar-refractivity contribution in [3.63, 3.8) is 0 Å². The number of carbonyl (C=O) groups is 2. The highest BCUT2D eigenvalue weighted by atomic mass is 16.2. The van der Waals surface area contributed by atoms with E-state index in [0.29, 0.717) is 17.8 Å². The Hall–Kier alpha value is -1.88. The summed E-state index contributed by atoms with van der Waals surface area (Å²) in [6, 6.07) is 7.12. The van der Waals surface area contributed by atoms with Crippen LogP contribution in [0, 0.1) is 5.92 Å². The van der Waals surface area contributed by atoms with Gasteiger partial charge in [0.05, 0.1) is 0 Å². The van der Waals surface area contributed by atoms with E-state index in [1.54, 1.807) is 24.3 Å². The predicted molar refractivity (Wildman–Crippen MR) is 83.0 cm³/mol. The molecular weight excluding hydrogens is 266 g/mol. The maximum atomic E-state index is 12.3. The van der Waals surface area contributed by atoms with E-state index in [-0.39, 0.29) is 23.8 Å². The summed E-state index contributed by atoms with van der Waals surface area (Å²) in [7, 11) is 0. The van der Waals surface area contributed by atoms with E-state index < -0.39 is 0 Å². The number of hydrogen-bond acceptors (Lipinski definition) is 3. The first-order valence-electron chi connectivity index (χ1n) is 7.55. The monoisotopic (exact) mass is 289 g/mol. The van der Waals surface area contributed by atoms with E-state index >= 15 is 0 Å². The van der Waals surface area contributed by atoms with Crippen LogP contribution in [0.15, 0.2) is 24.3 Å². The molecule has 1 aliphatic rings. The number of nitrogens with two attached hydrogens (primary N) is 1. The maximum Gasteiger partial charge on any atom is 0.251 e. The van der Waals surface area contributed by atoms with Gasteiger partial charge in [0.1, 0.15) is 0 Å². The van der Waals surface area contributed by atoms with Gasteiger partial charge in [0, 0.05) is 29.8 Å². The Morgan fingerprint density at radius 2 is 2.14 bits per heavy atom. The van der Waals surface area contributed by atoms with Gasteiger partial charge in [-0.05, 0) is 44.4 Å². The van der Waals surface area contributed by atoms with Gasteiger partial charge >= 0.3 is 0 Å². The fourth-order valence-electron chi connectivity index (χ4n) is 2.71. The van der Waals surface area contributed by atoms with Crippen LogP contribution in [-0.4, -0.2) is 24.4 Å². The quantitative estimate of drug-likeness (QED) is 0.791. The lowest BCUT2D eigenvalue weighted by atomic mass is 9.85. The largest absolute Gasteiger partial charge is 0.352 e. The molecule has 0 spiro atoms. The molecule has 0 heterocycles. The Balaban J connectivity index is 2.00. The number of anilines is 1. The Morgan fingerprint density at radius 1 is 1.33 bits per heavy atom. The summed E-state index contributed by atoms with van der Waals surface area (Å²) in [6.07, 6.45) is 3.62. The van der Waals surface area contributed by atoms with Gasteiger partial charge < -0.3 is 16.4 Å². The SMILES string of the molecule is CCNC(=O)c1cccc(NC(=O)C2CCCC(N)C2)c1. The van der Waals surface area contributed by atoms with Gasteiger partial charge in [0.15, 0.2) is 0 Å². The van der Waals surface area contributed by atoms with Gasteiger partial charge in [0.2, 0.25) is 5.91 Å². The number of benzene rings is 1. The van der Waals surface area contributed by atoms with E-state index in [4.69, 9.17) is 5.73 Å². The van der Waals surface area contributed by atoms with E-state index in [9.17, 15) is 9.59 Å². The minimum Gasteiger partial charge on any atom is -0.352 e. The minimum absolute atomic E-state index is 0.00167. The molecule has 0 aromatic heterocycles. The highest BCUT2D eigenvalue weighted by Crippen LogP contribution is 2.24. The number of rotatable bonds is 4. The van der Waals surface area contributed by atoms with Gasteiger partial charge in [-0.15, -0.1) is 0 Å². The normalized spacial score (nSPS) is 21.6. The second-order valence-corrected chi connectivity index (χ2v) is 5.55. The van der Waals surface area contributed by atoms with Crippen LogP contribution in [-0.2, 0) is 4.79 Å². The molecule has 5 nitrogen and oxygen atoms in total. The molecule has 114 valence electrons. The minimum atomic E-state index is -0.131. The van der Waals surface area contributed by atoms with Crippen molar-refractivity contribution in [1.82, 2.24) is 5.32 Å². The Bertz CT molecular complexity index is 516. The van der Waals surface area contributed by atoms with Crippen LogP contribution in [0.3, 0.4) is 0 Å². The molecule has 1 saturated carbocycles. The molecule has 21 heavy (non-hydrogen) atoms. The van der Waals surface area contributed by atoms with Crippen LogP contribution >= 0.6 is 0 Å². The van der Waals surface area contributed by atoms with Crippen LogP contribution in [0.2, 0.25) is 0 Å². The number of nitrogens with one attached hydrogen (secondary N) is 2. The summed E-state index contributed by atoms with van der Waals surface area (Å²) < 4.78 is 0. The zero-order chi connectivity index (χ0) is 15.2. The first-order valence-corrected chi connectivity index (χ1v) is 7.55. The van der Waals surface area contributed by atoms with E-state index in [2.05, 4.69) is 10.6 Å². The van der Waals surface area contributed by atoms with Gasteiger partial charge in [-0.25, -0.2) is 0 Å². The van der Waals surface area contributed by atoms with Gasteiger partial charge in [-0.1, -0.05) is 12.5 Å². The fourth-order valence-corrected chi connectivity index (χ4v) is 2.71. The van der Waals surface area contributed by atoms with Crippen molar-refractivity contribution < 1.29 is 9.59 Å². The third-order valence-corrected chi connectivity index (χ3v) is 3.82. The summed E-state index contributed by atoms with van der Waals surface area (Å²) in [4.78, 5) is 24.0. The summed E-state index contributed by atoms with van der Waals surface area (Å²) in [6.45, 7) is 2.45. The molecule has 1 aromatic carbocycles. The Labute approximate surface area is 125 Å². The molecule has 1 fully saturated rings.